The molecular formula is C13H17ClN2O4. The number of non-ortho nitro benzene ring substituents is 1. The van der Waals surface area contributed by atoms with Crippen LogP contribution in [0.2, 0.25) is 0 Å². The average Bonchev–Trinajstić information content (AvgIpc) is 2.40. The normalized spacial score (nSPS) is 15.4. The largest absolute Gasteiger partial charge is 0.379 e. The van der Waals surface area contributed by atoms with E-state index < -0.39 is 4.92 Å². The van der Waals surface area contributed by atoms with E-state index in [0.717, 1.165) is 13.1 Å². The van der Waals surface area contributed by atoms with E-state index in [0.29, 0.717) is 25.3 Å². The van der Waals surface area contributed by atoms with Crippen LogP contribution < -0.4 is 0 Å². The summed E-state index contributed by atoms with van der Waals surface area (Å²) in [7, 11) is 0. The molecule has 0 N–H and O–H groups in total. The highest BCUT2D eigenvalue weighted by molar-refractivity contribution is 5.85. The molecule has 0 unspecified atom stereocenters. The summed E-state index contributed by atoms with van der Waals surface area (Å²) in [5.41, 5.74) is 0.712. The van der Waals surface area contributed by atoms with Gasteiger partial charge < -0.3 is 4.74 Å². The zero-order chi connectivity index (χ0) is 13.7. The van der Waals surface area contributed by atoms with Crippen molar-refractivity contribution in [1.29, 1.82) is 0 Å². The molecule has 1 saturated heterocycles. The molecule has 1 aromatic rings. The van der Waals surface area contributed by atoms with E-state index in [4.69, 9.17) is 4.74 Å². The van der Waals surface area contributed by atoms with E-state index >= 15 is 0 Å². The van der Waals surface area contributed by atoms with Crippen LogP contribution in [0.3, 0.4) is 0 Å². The molecule has 6 nitrogen and oxygen atoms in total. The smallest absolute Gasteiger partial charge is 0.269 e. The number of ketones is 1. The molecule has 1 aliphatic heterocycles. The minimum atomic E-state index is -0.448. The first-order valence-electron chi connectivity index (χ1n) is 6.20. The van der Waals surface area contributed by atoms with Crippen LogP contribution in [-0.4, -0.2) is 48.5 Å². The van der Waals surface area contributed by atoms with Crippen LogP contribution in [0.5, 0.6) is 0 Å². The van der Waals surface area contributed by atoms with E-state index in [-0.39, 0.29) is 30.3 Å². The van der Waals surface area contributed by atoms with Crippen LogP contribution in [0.1, 0.15) is 5.56 Å². The van der Waals surface area contributed by atoms with E-state index in [2.05, 4.69) is 0 Å². The van der Waals surface area contributed by atoms with Gasteiger partial charge in [0.2, 0.25) is 0 Å². The lowest BCUT2D eigenvalue weighted by Crippen LogP contribution is -2.39. The Morgan fingerprint density at radius 2 is 2.05 bits per heavy atom. The summed E-state index contributed by atoms with van der Waals surface area (Å²) in [4.78, 5) is 24.2. The van der Waals surface area contributed by atoms with Gasteiger partial charge in [-0.05, 0) is 5.56 Å². The molecular weight excluding hydrogens is 284 g/mol. The highest BCUT2D eigenvalue weighted by Crippen LogP contribution is 2.13. The Labute approximate surface area is 123 Å². The molecule has 0 aliphatic carbocycles. The molecule has 20 heavy (non-hydrogen) atoms. The molecule has 0 aromatic heterocycles. The van der Waals surface area contributed by atoms with E-state index in [1.54, 1.807) is 12.1 Å². The van der Waals surface area contributed by atoms with E-state index in [9.17, 15) is 14.9 Å². The second-order valence-corrected chi connectivity index (χ2v) is 4.53. The van der Waals surface area contributed by atoms with E-state index in [1.165, 1.54) is 12.1 Å². The van der Waals surface area contributed by atoms with Gasteiger partial charge in [0.1, 0.15) is 0 Å². The van der Waals surface area contributed by atoms with Crippen LogP contribution in [0.4, 0.5) is 5.69 Å². The number of hydrogen-bond acceptors (Lipinski definition) is 5. The third kappa shape index (κ3) is 4.88. The number of carbonyl (C=O) groups is 1. The van der Waals surface area contributed by atoms with Crippen molar-refractivity contribution in [1.82, 2.24) is 4.90 Å². The number of halogens is 1. The number of morpholine rings is 1. The summed E-state index contributed by atoms with van der Waals surface area (Å²) in [6, 6.07) is 6.23. The maximum Gasteiger partial charge on any atom is 0.269 e. The minimum Gasteiger partial charge on any atom is -0.379 e. The second kappa shape index (κ2) is 7.94. The fraction of sp³-hybridized carbons (Fsp3) is 0.462. The molecule has 1 fully saturated rings. The molecule has 1 heterocycles. The summed E-state index contributed by atoms with van der Waals surface area (Å²) in [5, 5.41) is 10.7. The van der Waals surface area contributed by atoms with Gasteiger partial charge >= 0.3 is 0 Å². The first kappa shape index (κ1) is 16.6. The number of nitro benzene ring substituents is 1. The van der Waals surface area contributed by atoms with Crippen molar-refractivity contribution in [2.24, 2.45) is 0 Å². The van der Waals surface area contributed by atoms with Crippen molar-refractivity contribution >= 4 is 23.9 Å². The Bertz CT molecular complexity index is 475. The molecule has 0 amide bonds. The standard InChI is InChI=1S/C13H16N2O4.ClH/c16-13(10-14-4-6-19-7-5-14)9-11-2-1-3-12(8-11)15(17)18;/h1-3,8H,4-7,9-10H2;1H. The van der Waals surface area contributed by atoms with Gasteiger partial charge in [-0.2, -0.15) is 0 Å². The molecule has 0 bridgehead atoms. The molecule has 110 valence electrons. The summed E-state index contributed by atoms with van der Waals surface area (Å²) in [6.45, 7) is 3.22. The number of nitro groups is 1. The lowest BCUT2D eigenvalue weighted by atomic mass is 10.1. The van der Waals surface area contributed by atoms with Crippen LogP contribution in [0.15, 0.2) is 24.3 Å². The lowest BCUT2D eigenvalue weighted by Gasteiger charge is -2.25. The van der Waals surface area contributed by atoms with Crippen molar-refractivity contribution in [3.05, 3.63) is 39.9 Å². The molecule has 0 spiro atoms. The van der Waals surface area contributed by atoms with Crippen LogP contribution in [0, 0.1) is 10.1 Å². The molecule has 1 aromatic carbocycles. The Hall–Kier alpha value is -1.50. The quantitative estimate of drug-likeness (QED) is 0.608. The SMILES string of the molecule is Cl.O=C(Cc1cccc([N+](=O)[O-])c1)CN1CCOCC1. The molecule has 0 saturated carbocycles. The van der Waals surface area contributed by atoms with Gasteiger partial charge in [-0.15, -0.1) is 12.4 Å². The van der Waals surface area contributed by atoms with Gasteiger partial charge in [-0.3, -0.25) is 19.8 Å². The minimum absolute atomic E-state index is 0. The zero-order valence-electron chi connectivity index (χ0n) is 11.0. The van der Waals surface area contributed by atoms with Gasteiger partial charge in [-0.1, -0.05) is 12.1 Å². The van der Waals surface area contributed by atoms with Crippen LogP contribution in [-0.2, 0) is 16.0 Å². The fourth-order valence-corrected chi connectivity index (χ4v) is 2.07. The summed E-state index contributed by atoms with van der Waals surface area (Å²) in [6.07, 6.45) is 0.235. The van der Waals surface area contributed by atoms with Crippen LogP contribution in [0.25, 0.3) is 0 Å². The Balaban J connectivity index is 0.00000200. The van der Waals surface area contributed by atoms with Crippen molar-refractivity contribution in [2.75, 3.05) is 32.8 Å². The highest BCUT2D eigenvalue weighted by Gasteiger charge is 2.15. The molecule has 7 heteroatoms. The number of nitrogens with zero attached hydrogens (tertiary/aromatic N) is 2. The third-order valence-corrected chi connectivity index (χ3v) is 3.03. The predicted molar refractivity (Wildman–Crippen MR) is 76.3 cm³/mol. The van der Waals surface area contributed by atoms with Gasteiger partial charge in [-0.25, -0.2) is 0 Å². The summed E-state index contributed by atoms with van der Waals surface area (Å²) < 4.78 is 5.21. The zero-order valence-corrected chi connectivity index (χ0v) is 11.8. The van der Waals surface area contributed by atoms with Crippen molar-refractivity contribution in [2.45, 2.75) is 6.42 Å². The third-order valence-electron chi connectivity index (χ3n) is 3.03. The Morgan fingerprint density at radius 3 is 2.70 bits per heavy atom. The molecule has 0 atom stereocenters. The molecule has 0 radical (unpaired) electrons. The number of ether oxygens (including phenoxy) is 1. The Morgan fingerprint density at radius 1 is 1.35 bits per heavy atom. The summed E-state index contributed by atoms with van der Waals surface area (Å²) in [5.74, 6) is 0.0717. The maximum atomic E-state index is 11.9. The number of carbonyl (C=O) groups excluding carboxylic acids is 1. The van der Waals surface area contributed by atoms with Gasteiger partial charge in [0.05, 0.1) is 24.7 Å². The number of benzene rings is 1. The van der Waals surface area contributed by atoms with Crippen LogP contribution >= 0.6 is 12.4 Å². The topological polar surface area (TPSA) is 72.7 Å². The molecule has 1 aliphatic rings. The molecule has 2 rings (SSSR count). The first-order chi connectivity index (χ1) is 9.15. The van der Waals surface area contributed by atoms with Gasteiger partial charge in [0, 0.05) is 31.6 Å². The number of rotatable bonds is 5. The summed E-state index contributed by atoms with van der Waals surface area (Å²) >= 11 is 0. The number of hydrogen-bond donors (Lipinski definition) is 0. The fourth-order valence-electron chi connectivity index (χ4n) is 2.07. The highest BCUT2D eigenvalue weighted by atomic mass is 35.5. The monoisotopic (exact) mass is 300 g/mol. The first-order valence-corrected chi connectivity index (χ1v) is 6.20. The van der Waals surface area contributed by atoms with Gasteiger partial charge in [0.15, 0.2) is 5.78 Å². The number of Topliss-reactive ketones (excluding diaryl/α,β-unsaturated/α-hetero) is 1. The average molecular weight is 301 g/mol. The maximum absolute atomic E-state index is 11.9. The van der Waals surface area contributed by atoms with Crippen molar-refractivity contribution < 1.29 is 14.5 Å². The van der Waals surface area contributed by atoms with Crippen molar-refractivity contribution in [3.8, 4) is 0 Å². The van der Waals surface area contributed by atoms with Gasteiger partial charge in [0.25, 0.3) is 5.69 Å². The van der Waals surface area contributed by atoms with E-state index in [1.807, 2.05) is 4.90 Å². The van der Waals surface area contributed by atoms with Crippen molar-refractivity contribution in [3.63, 3.8) is 0 Å². The second-order valence-electron chi connectivity index (χ2n) is 4.53. The predicted octanol–water partition coefficient (Wildman–Crippen LogP) is 1.46. The Kier molecular flexibility index (Phi) is 6.57. The lowest BCUT2D eigenvalue weighted by molar-refractivity contribution is -0.384.